The summed E-state index contributed by atoms with van der Waals surface area (Å²) in [5.74, 6) is -0.00228. The molecule has 1 N–H and O–H groups in total. The number of hydrogen-bond donors (Lipinski definition) is 1. The van der Waals surface area contributed by atoms with Crippen LogP contribution in [0.25, 0.3) is 0 Å². The van der Waals surface area contributed by atoms with Gasteiger partial charge in [0.1, 0.15) is 6.04 Å². The number of benzene rings is 2. The highest BCUT2D eigenvalue weighted by molar-refractivity contribution is 5.95. The van der Waals surface area contributed by atoms with E-state index in [1.54, 1.807) is 0 Å². The van der Waals surface area contributed by atoms with Gasteiger partial charge in [0.25, 0.3) is 0 Å². The fourth-order valence-electron chi connectivity index (χ4n) is 4.17. The molecule has 0 aliphatic carbocycles. The number of nitrogens with zero attached hydrogens (tertiary/aromatic N) is 3. The summed E-state index contributed by atoms with van der Waals surface area (Å²) < 4.78 is 2.15. The van der Waals surface area contributed by atoms with Crippen molar-refractivity contribution < 1.29 is 4.79 Å². The number of rotatable bonds is 5. The molecule has 0 radical (unpaired) electrons. The summed E-state index contributed by atoms with van der Waals surface area (Å²) in [5.41, 5.74) is 6.50. The third-order valence-corrected chi connectivity index (χ3v) is 5.98. The average molecular weight is 403 g/mol. The summed E-state index contributed by atoms with van der Waals surface area (Å²) in [6, 6.07) is 16.3. The van der Waals surface area contributed by atoms with Gasteiger partial charge < -0.3 is 9.88 Å². The Labute approximate surface area is 178 Å². The van der Waals surface area contributed by atoms with Crippen LogP contribution in [0.3, 0.4) is 0 Å². The Morgan fingerprint density at radius 3 is 2.60 bits per heavy atom. The maximum atomic E-state index is 13.6. The smallest absolute Gasteiger partial charge is 0.247 e. The van der Waals surface area contributed by atoms with Crippen molar-refractivity contribution in [1.29, 1.82) is 0 Å². The minimum Gasteiger partial charge on any atom is -0.330 e. The van der Waals surface area contributed by atoms with E-state index in [0.717, 1.165) is 36.6 Å². The molecule has 30 heavy (non-hydrogen) atoms. The molecule has 1 aliphatic rings. The van der Waals surface area contributed by atoms with Crippen LogP contribution in [0.1, 0.15) is 54.0 Å². The predicted molar refractivity (Wildman–Crippen MR) is 120 cm³/mol. The van der Waals surface area contributed by atoms with Gasteiger partial charge in [0, 0.05) is 31.2 Å². The fourth-order valence-corrected chi connectivity index (χ4v) is 4.17. The average Bonchev–Trinajstić information content (AvgIpc) is 3.15. The van der Waals surface area contributed by atoms with E-state index in [1.165, 1.54) is 16.7 Å². The lowest BCUT2D eigenvalue weighted by Crippen LogP contribution is -2.42. The molecule has 2 heterocycles. The third kappa shape index (κ3) is 4.03. The third-order valence-electron chi connectivity index (χ3n) is 5.98. The van der Waals surface area contributed by atoms with Gasteiger partial charge in [-0.1, -0.05) is 36.4 Å². The number of amides is 1. The topological polar surface area (TPSA) is 50.2 Å². The molecule has 0 saturated heterocycles. The zero-order valence-electron chi connectivity index (χ0n) is 18.2. The highest BCUT2D eigenvalue weighted by Gasteiger charge is 2.37. The Morgan fingerprint density at radius 2 is 1.90 bits per heavy atom. The van der Waals surface area contributed by atoms with E-state index in [2.05, 4.69) is 65.7 Å². The van der Waals surface area contributed by atoms with Gasteiger partial charge in [0.15, 0.2) is 0 Å². The summed E-state index contributed by atoms with van der Waals surface area (Å²) in [5, 5.41) is 3.17. The number of imidazole rings is 1. The highest BCUT2D eigenvalue weighted by atomic mass is 16.2. The molecule has 1 aromatic heterocycles. The molecule has 0 bridgehead atoms. The minimum atomic E-state index is -0.375. The summed E-state index contributed by atoms with van der Waals surface area (Å²) >= 11 is 0. The molecule has 3 aromatic rings. The lowest BCUT2D eigenvalue weighted by atomic mass is 9.99. The van der Waals surface area contributed by atoms with Crippen LogP contribution in [0.4, 0.5) is 5.69 Å². The number of aryl methyl sites for hydroxylation is 2. The molecule has 4 rings (SSSR count). The minimum absolute atomic E-state index is 0.00228. The lowest BCUT2D eigenvalue weighted by molar-refractivity contribution is -0.122. The second kappa shape index (κ2) is 8.44. The first-order valence-corrected chi connectivity index (χ1v) is 10.7. The summed E-state index contributed by atoms with van der Waals surface area (Å²) in [6.07, 6.45) is 2.74. The first kappa shape index (κ1) is 20.4. The number of carbonyl (C=O) groups is 1. The largest absolute Gasteiger partial charge is 0.330 e. The van der Waals surface area contributed by atoms with Crippen LogP contribution in [-0.4, -0.2) is 26.9 Å². The van der Waals surface area contributed by atoms with Crippen molar-refractivity contribution in [1.82, 2.24) is 14.5 Å². The zero-order valence-corrected chi connectivity index (χ0v) is 18.2. The summed E-state index contributed by atoms with van der Waals surface area (Å²) in [7, 11) is 0. The molecule has 5 heteroatoms. The van der Waals surface area contributed by atoms with Gasteiger partial charge >= 0.3 is 0 Å². The second-order valence-electron chi connectivity index (χ2n) is 8.47. The van der Waals surface area contributed by atoms with Gasteiger partial charge in [-0.3, -0.25) is 9.69 Å². The quantitative estimate of drug-likeness (QED) is 0.666. The monoisotopic (exact) mass is 402 g/mol. The van der Waals surface area contributed by atoms with E-state index in [1.807, 2.05) is 36.7 Å². The molecule has 1 atom stereocenters. The molecule has 2 aromatic carbocycles. The maximum Gasteiger partial charge on any atom is 0.247 e. The summed E-state index contributed by atoms with van der Waals surface area (Å²) in [6.45, 7) is 9.96. The molecule has 156 valence electrons. The molecule has 5 nitrogen and oxygen atoms in total. The van der Waals surface area contributed by atoms with Gasteiger partial charge in [-0.2, -0.15) is 0 Å². The number of aromatic nitrogens is 2. The lowest BCUT2D eigenvalue weighted by Gasteiger charge is -2.36. The highest BCUT2D eigenvalue weighted by Crippen LogP contribution is 2.33. The number of hydrogen-bond acceptors (Lipinski definition) is 3. The van der Waals surface area contributed by atoms with Crippen molar-refractivity contribution in [2.24, 2.45) is 0 Å². The molecular weight excluding hydrogens is 372 g/mol. The summed E-state index contributed by atoms with van der Waals surface area (Å²) in [4.78, 5) is 20.5. The molecule has 1 amide bonds. The van der Waals surface area contributed by atoms with Gasteiger partial charge in [-0.05, 0) is 56.5 Å². The number of fused-ring (bicyclic) bond motifs is 1. The van der Waals surface area contributed by atoms with Crippen LogP contribution in [0, 0.1) is 13.8 Å². The van der Waals surface area contributed by atoms with Crippen molar-refractivity contribution in [2.75, 3.05) is 11.9 Å². The first-order chi connectivity index (χ1) is 14.4. The number of anilines is 1. The number of nitrogens with one attached hydrogen (secondary N) is 1. The molecule has 0 spiro atoms. The van der Waals surface area contributed by atoms with Gasteiger partial charge in [-0.15, -0.1) is 0 Å². The SMILES string of the molecule is Cc1ccc(NC(=O)C2c3c(ncn3C(C)C)CCN2Cc2ccccc2)cc1C. The normalized spacial score (nSPS) is 16.5. The molecule has 1 unspecified atom stereocenters. The van der Waals surface area contributed by atoms with Crippen LogP contribution >= 0.6 is 0 Å². The second-order valence-corrected chi connectivity index (χ2v) is 8.47. The molecule has 1 aliphatic heterocycles. The Kier molecular flexibility index (Phi) is 5.73. The van der Waals surface area contributed by atoms with Crippen molar-refractivity contribution in [2.45, 2.75) is 52.7 Å². The van der Waals surface area contributed by atoms with Crippen molar-refractivity contribution in [3.63, 3.8) is 0 Å². The number of carbonyl (C=O) groups excluding carboxylic acids is 1. The first-order valence-electron chi connectivity index (χ1n) is 10.7. The van der Waals surface area contributed by atoms with E-state index >= 15 is 0 Å². The van der Waals surface area contributed by atoms with Crippen molar-refractivity contribution in [3.05, 3.63) is 82.9 Å². The molecular formula is C25H30N4O. The zero-order chi connectivity index (χ0) is 21.3. The Balaban J connectivity index is 1.69. The van der Waals surface area contributed by atoms with Crippen LogP contribution in [-0.2, 0) is 17.8 Å². The van der Waals surface area contributed by atoms with E-state index < -0.39 is 0 Å². The Morgan fingerprint density at radius 1 is 1.13 bits per heavy atom. The molecule has 0 fully saturated rings. The standard InChI is InChI=1S/C25H30N4O/c1-17(2)29-16-26-22-12-13-28(15-20-8-6-5-7-9-20)24(23(22)29)25(30)27-21-11-10-18(3)19(4)14-21/h5-11,14,16-17,24H,12-13,15H2,1-4H3,(H,27,30). The van der Waals surface area contributed by atoms with Crippen molar-refractivity contribution >= 4 is 11.6 Å². The van der Waals surface area contributed by atoms with Gasteiger partial charge in [-0.25, -0.2) is 4.98 Å². The van der Waals surface area contributed by atoms with Gasteiger partial charge in [0.2, 0.25) is 5.91 Å². The van der Waals surface area contributed by atoms with Crippen LogP contribution < -0.4 is 5.32 Å². The van der Waals surface area contributed by atoms with E-state index in [9.17, 15) is 4.79 Å². The van der Waals surface area contributed by atoms with E-state index in [0.29, 0.717) is 0 Å². The van der Waals surface area contributed by atoms with Crippen LogP contribution in [0.5, 0.6) is 0 Å². The van der Waals surface area contributed by atoms with E-state index in [4.69, 9.17) is 0 Å². The maximum absolute atomic E-state index is 13.6. The Bertz CT molecular complexity index is 1040. The predicted octanol–water partition coefficient (Wildman–Crippen LogP) is 4.82. The Hall–Kier alpha value is -2.92. The van der Waals surface area contributed by atoms with Crippen LogP contribution in [0.15, 0.2) is 54.9 Å². The van der Waals surface area contributed by atoms with E-state index in [-0.39, 0.29) is 18.0 Å². The van der Waals surface area contributed by atoms with Crippen LogP contribution in [0.2, 0.25) is 0 Å². The van der Waals surface area contributed by atoms with Crippen molar-refractivity contribution in [3.8, 4) is 0 Å². The fraction of sp³-hybridized carbons (Fsp3) is 0.360. The van der Waals surface area contributed by atoms with Gasteiger partial charge in [0.05, 0.1) is 17.7 Å². The molecule has 0 saturated carbocycles.